The average molecular weight is 373 g/mol. The molecule has 1 heterocycles. The van der Waals surface area contributed by atoms with Gasteiger partial charge in [-0.25, -0.2) is 4.79 Å². The normalized spacial score (nSPS) is 11.0. The van der Waals surface area contributed by atoms with E-state index >= 15 is 0 Å². The van der Waals surface area contributed by atoms with E-state index in [1.807, 2.05) is 68.7 Å². The Balaban J connectivity index is 0.00000242. The Labute approximate surface area is 156 Å². The SMILES string of the molecule is Cc1cc[n+]([CH-]OC(=O)N[C@@H](C)Cc2ccccc2)cc1.[Y]. The number of hydrogen-bond donors (Lipinski definition) is 1. The van der Waals surface area contributed by atoms with Gasteiger partial charge in [0.25, 0.3) is 0 Å². The molecule has 0 bridgehead atoms. The standard InChI is InChI=1S/C17H20N2O2.Y/c1-14-8-10-19(11-9-14)13-21-17(20)18-15(2)12-16-6-4-3-5-7-16;/h3-11,13,15H,12H2,1-2H3,(H,18,20);/t15-;/m0./s1. The number of benzene rings is 1. The Hall–Kier alpha value is -1.39. The van der Waals surface area contributed by atoms with Gasteiger partial charge in [0, 0.05) is 38.8 Å². The monoisotopic (exact) mass is 373 g/mol. The second-order valence-corrected chi connectivity index (χ2v) is 5.07. The molecule has 0 spiro atoms. The van der Waals surface area contributed by atoms with Gasteiger partial charge in [0.1, 0.15) is 0 Å². The van der Waals surface area contributed by atoms with Gasteiger partial charge >= 0.3 is 6.09 Å². The van der Waals surface area contributed by atoms with E-state index in [9.17, 15) is 4.79 Å². The molecule has 1 atom stereocenters. The van der Waals surface area contributed by atoms with Gasteiger partial charge in [0.05, 0.1) is 12.4 Å². The third-order valence-corrected chi connectivity index (χ3v) is 3.05. The molecule has 1 aromatic carbocycles. The van der Waals surface area contributed by atoms with Crippen molar-refractivity contribution < 1.29 is 46.8 Å². The number of carbonyl (C=O) groups is 1. The summed E-state index contributed by atoms with van der Waals surface area (Å²) in [5.74, 6) is 0. The predicted octanol–water partition coefficient (Wildman–Crippen LogP) is 2.60. The maximum Gasteiger partial charge on any atom is 0.404 e. The molecule has 22 heavy (non-hydrogen) atoms. The smallest absolute Gasteiger partial charge is 0.404 e. The van der Waals surface area contributed by atoms with Crippen LogP contribution >= 0.6 is 0 Å². The van der Waals surface area contributed by atoms with Gasteiger partial charge in [-0.05, 0) is 25.8 Å². The van der Waals surface area contributed by atoms with Crippen molar-refractivity contribution >= 4 is 6.09 Å². The maximum absolute atomic E-state index is 11.7. The van der Waals surface area contributed by atoms with Crippen molar-refractivity contribution in [3.8, 4) is 0 Å². The van der Waals surface area contributed by atoms with Crippen LogP contribution in [0.25, 0.3) is 0 Å². The number of aromatic nitrogens is 1. The van der Waals surface area contributed by atoms with Gasteiger partial charge in [0.2, 0.25) is 6.73 Å². The zero-order valence-electron chi connectivity index (χ0n) is 12.9. The first-order valence-corrected chi connectivity index (χ1v) is 6.95. The van der Waals surface area contributed by atoms with Crippen molar-refractivity contribution in [2.45, 2.75) is 26.3 Å². The summed E-state index contributed by atoms with van der Waals surface area (Å²) in [4.78, 5) is 11.7. The van der Waals surface area contributed by atoms with Crippen LogP contribution in [0.5, 0.6) is 0 Å². The molecule has 1 N–H and O–H groups in total. The molecule has 0 saturated carbocycles. The van der Waals surface area contributed by atoms with Crippen molar-refractivity contribution in [3.05, 3.63) is 72.7 Å². The van der Waals surface area contributed by atoms with Crippen LogP contribution in [0.4, 0.5) is 4.79 Å². The largest absolute Gasteiger partial charge is 0.423 e. The van der Waals surface area contributed by atoms with Crippen molar-refractivity contribution in [3.63, 3.8) is 0 Å². The number of nitrogens with zero attached hydrogens (tertiary/aromatic N) is 1. The van der Waals surface area contributed by atoms with Crippen molar-refractivity contribution in [1.82, 2.24) is 5.32 Å². The number of aryl methyl sites for hydroxylation is 1. The van der Waals surface area contributed by atoms with Crippen LogP contribution in [0.15, 0.2) is 54.9 Å². The van der Waals surface area contributed by atoms with Crippen molar-refractivity contribution in [1.29, 1.82) is 0 Å². The molecule has 0 unspecified atom stereocenters. The third kappa shape index (κ3) is 6.59. The van der Waals surface area contributed by atoms with E-state index < -0.39 is 6.09 Å². The van der Waals surface area contributed by atoms with Crippen LogP contribution < -0.4 is 9.88 Å². The Bertz CT molecular complexity index is 573. The Kier molecular flexibility index (Phi) is 8.14. The summed E-state index contributed by atoms with van der Waals surface area (Å²) in [5, 5.41) is 2.80. The summed E-state index contributed by atoms with van der Waals surface area (Å²) >= 11 is 0. The molecular weight excluding hydrogens is 353 g/mol. The van der Waals surface area contributed by atoms with Gasteiger partial charge < -0.3 is 14.6 Å². The van der Waals surface area contributed by atoms with Crippen LogP contribution in [0.1, 0.15) is 18.1 Å². The third-order valence-electron chi connectivity index (χ3n) is 3.05. The van der Waals surface area contributed by atoms with E-state index in [1.54, 1.807) is 4.57 Å². The van der Waals surface area contributed by atoms with Crippen LogP contribution in [0, 0.1) is 13.7 Å². The number of amides is 1. The topological polar surface area (TPSA) is 42.2 Å². The number of carbonyl (C=O) groups excluding carboxylic acids is 1. The minimum absolute atomic E-state index is 0. The van der Waals surface area contributed by atoms with E-state index in [0.717, 1.165) is 12.0 Å². The molecular formula is C17H20N2O2Y. The maximum atomic E-state index is 11.7. The van der Waals surface area contributed by atoms with Gasteiger partial charge in [-0.2, -0.15) is 0 Å². The van der Waals surface area contributed by atoms with Crippen molar-refractivity contribution in [2.24, 2.45) is 0 Å². The molecule has 113 valence electrons. The molecule has 1 amide bonds. The second kappa shape index (κ2) is 9.59. The zero-order valence-corrected chi connectivity index (χ0v) is 15.7. The van der Waals surface area contributed by atoms with Gasteiger partial charge in [-0.15, -0.1) is 0 Å². The van der Waals surface area contributed by atoms with Crippen LogP contribution in [-0.4, -0.2) is 12.1 Å². The molecule has 1 radical (unpaired) electrons. The summed E-state index contributed by atoms with van der Waals surface area (Å²) in [7, 11) is 0. The first-order valence-electron chi connectivity index (χ1n) is 6.95. The summed E-state index contributed by atoms with van der Waals surface area (Å²) in [5.41, 5.74) is 2.34. The summed E-state index contributed by atoms with van der Waals surface area (Å²) in [6.45, 7) is 5.33. The molecule has 0 fully saturated rings. The minimum atomic E-state index is -0.452. The fraction of sp³-hybridized carbons (Fsp3) is 0.235. The van der Waals surface area contributed by atoms with Crippen LogP contribution in [-0.2, 0) is 43.9 Å². The van der Waals surface area contributed by atoms with E-state index in [0.29, 0.717) is 0 Å². The van der Waals surface area contributed by atoms with Gasteiger partial charge in [-0.1, -0.05) is 48.0 Å². The summed E-state index contributed by atoms with van der Waals surface area (Å²) in [6, 6.07) is 13.9. The molecule has 4 nitrogen and oxygen atoms in total. The van der Waals surface area contributed by atoms with Crippen LogP contribution in [0.3, 0.4) is 0 Å². The molecule has 5 heteroatoms. The molecule has 2 rings (SSSR count). The fourth-order valence-corrected chi connectivity index (χ4v) is 1.95. The number of ether oxygens (including phenoxy) is 1. The molecule has 0 aliphatic carbocycles. The molecule has 0 aliphatic rings. The zero-order chi connectivity index (χ0) is 15.1. The Morgan fingerprint density at radius 2 is 1.86 bits per heavy atom. The number of rotatable bonds is 5. The average Bonchev–Trinajstić information content (AvgIpc) is 2.47. The van der Waals surface area contributed by atoms with E-state index in [4.69, 9.17) is 4.74 Å². The number of pyridine rings is 1. The van der Waals surface area contributed by atoms with E-state index in [2.05, 4.69) is 5.32 Å². The predicted molar refractivity (Wildman–Crippen MR) is 80.3 cm³/mol. The second-order valence-electron chi connectivity index (χ2n) is 5.07. The van der Waals surface area contributed by atoms with Crippen molar-refractivity contribution in [2.75, 3.05) is 0 Å². The molecule has 0 aliphatic heterocycles. The van der Waals surface area contributed by atoms with E-state index in [1.165, 1.54) is 12.3 Å². The summed E-state index contributed by atoms with van der Waals surface area (Å²) in [6.07, 6.45) is 3.98. The number of alkyl carbamates (subject to hydrolysis) is 1. The first kappa shape index (κ1) is 18.7. The van der Waals surface area contributed by atoms with Gasteiger partial charge in [0.15, 0.2) is 0 Å². The quantitative estimate of drug-likeness (QED) is 0.647. The fourth-order valence-electron chi connectivity index (χ4n) is 1.95. The summed E-state index contributed by atoms with van der Waals surface area (Å²) < 4.78 is 6.75. The minimum Gasteiger partial charge on any atom is -0.423 e. The first-order chi connectivity index (χ1) is 10.1. The molecule has 2 aromatic rings. The number of hydrogen-bond acceptors (Lipinski definition) is 2. The Morgan fingerprint density at radius 3 is 2.50 bits per heavy atom. The van der Waals surface area contributed by atoms with E-state index in [-0.39, 0.29) is 38.8 Å². The van der Waals surface area contributed by atoms with Gasteiger partial charge in [-0.3, -0.25) is 0 Å². The van der Waals surface area contributed by atoms with Crippen LogP contribution in [0.2, 0.25) is 0 Å². The Morgan fingerprint density at radius 1 is 1.23 bits per heavy atom. The number of nitrogens with one attached hydrogen (secondary N) is 1. The molecule has 1 aromatic heterocycles. The molecule has 0 saturated heterocycles.